The van der Waals surface area contributed by atoms with E-state index in [1.54, 1.807) is 0 Å². The van der Waals surface area contributed by atoms with E-state index in [-0.39, 0.29) is 0 Å². The molecule has 0 aliphatic rings. The van der Waals surface area contributed by atoms with Crippen molar-refractivity contribution in [1.82, 2.24) is 0 Å². The standard InChI is InChI=1S/C81H57Br3O3/c82-70-49-37-58(38-50-70)76-73(55-31-43-67(44-32-55)79(85,61-19-7-1-8-20-61)62-21-9-2-10-22-62)77(59-39-51-71(83)52-40-59)75(57-35-47-69(48-36-57)81(87,65-27-15-5-16-28-65)66-29-17-6-18-30-66)78(60-41-53-72(84)54-42-60)74(76)56-33-45-68(46-34-56)80(86,63-23-11-3-12-24-63)64-25-13-4-14-26-64/h1-54,85-87H. The predicted molar refractivity (Wildman–Crippen MR) is 367 cm³/mol. The van der Waals surface area contributed by atoms with Gasteiger partial charge in [-0.05, 0) is 153 Å². The molecule has 3 nitrogen and oxygen atoms in total. The van der Waals surface area contributed by atoms with Crippen molar-refractivity contribution in [3.8, 4) is 66.8 Å². The Morgan fingerprint density at radius 1 is 0.161 bits per heavy atom. The molecule has 0 heterocycles. The van der Waals surface area contributed by atoms with Crippen molar-refractivity contribution in [2.24, 2.45) is 0 Å². The Hall–Kier alpha value is -8.82. The Bertz CT molecular complexity index is 3870. The fraction of sp³-hybridized carbons (Fsp3) is 0.0370. The summed E-state index contributed by atoms with van der Waals surface area (Å²) in [5.74, 6) is 0. The summed E-state index contributed by atoms with van der Waals surface area (Å²) < 4.78 is 2.82. The lowest BCUT2D eigenvalue weighted by Gasteiger charge is -2.32. The Kier molecular flexibility index (Phi) is 16.1. The van der Waals surface area contributed by atoms with E-state index in [2.05, 4.69) is 193 Å². The maximum absolute atomic E-state index is 13.3. The summed E-state index contributed by atoms with van der Waals surface area (Å²) in [6, 6.07) is 110. The van der Waals surface area contributed by atoms with Gasteiger partial charge in [-0.3, -0.25) is 0 Å². The van der Waals surface area contributed by atoms with Crippen LogP contribution < -0.4 is 0 Å². The van der Waals surface area contributed by atoms with Crippen molar-refractivity contribution in [2.75, 3.05) is 0 Å². The van der Waals surface area contributed by atoms with Crippen molar-refractivity contribution >= 4 is 47.8 Å². The average molecular weight is 1320 g/mol. The highest BCUT2D eigenvalue weighted by Gasteiger charge is 2.38. The third kappa shape index (κ3) is 10.8. The van der Waals surface area contributed by atoms with Crippen LogP contribution in [0, 0.1) is 0 Å². The zero-order valence-electron chi connectivity index (χ0n) is 47.2. The lowest BCUT2D eigenvalue weighted by molar-refractivity contribution is 0.125. The first kappa shape index (κ1) is 57.3. The number of aliphatic hydroxyl groups is 3. The van der Waals surface area contributed by atoms with Crippen LogP contribution in [0.1, 0.15) is 50.1 Å². The van der Waals surface area contributed by atoms with E-state index >= 15 is 0 Å². The van der Waals surface area contributed by atoms with Crippen molar-refractivity contribution in [2.45, 2.75) is 16.8 Å². The Labute approximate surface area is 533 Å². The second kappa shape index (κ2) is 24.5. The van der Waals surface area contributed by atoms with Crippen LogP contribution in [0.3, 0.4) is 0 Å². The van der Waals surface area contributed by atoms with E-state index in [9.17, 15) is 15.3 Å². The number of benzene rings is 13. The van der Waals surface area contributed by atoms with Gasteiger partial charge < -0.3 is 15.3 Å². The van der Waals surface area contributed by atoms with Gasteiger partial charge in [-0.15, -0.1) is 0 Å². The molecule has 0 atom stereocenters. The van der Waals surface area contributed by atoms with Gasteiger partial charge in [0, 0.05) is 13.4 Å². The van der Waals surface area contributed by atoms with Crippen LogP contribution in [0.15, 0.2) is 341 Å². The quantitative estimate of drug-likeness (QED) is 0.0897. The molecule has 0 bridgehead atoms. The molecule has 13 aromatic rings. The molecule has 0 amide bonds. The second-order valence-electron chi connectivity index (χ2n) is 21.8. The molecule has 3 N–H and O–H groups in total. The smallest absolute Gasteiger partial charge is 0.140 e. The molecule has 0 spiro atoms. The molecule has 0 fully saturated rings. The van der Waals surface area contributed by atoms with Crippen LogP contribution in [0.4, 0.5) is 0 Å². The Morgan fingerprint density at radius 3 is 0.437 bits per heavy atom. The minimum absolute atomic E-state index is 0.714. The molecule has 0 saturated carbocycles. The SMILES string of the molecule is OC(c1ccccc1)(c1ccccc1)c1ccc(-c2c(-c3ccc(Br)cc3)c(-c3ccc(C(O)(c4ccccc4)c4ccccc4)cc3)c(-c3ccc(Br)cc3)c(-c3ccc(C(O)(c4ccccc4)c4ccccc4)cc3)c2-c2ccc(Br)cc2)cc1. The van der Waals surface area contributed by atoms with E-state index in [0.29, 0.717) is 16.7 Å². The summed E-state index contributed by atoms with van der Waals surface area (Å²) in [6.07, 6.45) is 0. The third-order valence-corrected chi connectivity index (χ3v) is 18.4. The topological polar surface area (TPSA) is 60.7 Å². The fourth-order valence-corrected chi connectivity index (χ4v) is 13.3. The zero-order chi connectivity index (χ0) is 59.5. The second-order valence-corrected chi connectivity index (χ2v) is 24.6. The van der Waals surface area contributed by atoms with Crippen molar-refractivity contribution in [3.05, 3.63) is 391 Å². The van der Waals surface area contributed by atoms with E-state index in [1.807, 2.05) is 182 Å². The molecule has 0 radical (unpaired) electrons. The van der Waals surface area contributed by atoms with E-state index < -0.39 is 16.8 Å². The molecule has 420 valence electrons. The molecular formula is C81H57Br3O3. The lowest BCUT2D eigenvalue weighted by Crippen LogP contribution is -2.28. The van der Waals surface area contributed by atoms with Gasteiger partial charge in [-0.25, -0.2) is 0 Å². The largest absolute Gasteiger partial charge is 0.376 e. The summed E-state index contributed by atoms with van der Waals surface area (Å²) in [4.78, 5) is 0. The first-order valence-corrected chi connectivity index (χ1v) is 31.3. The molecule has 0 aliphatic heterocycles. The van der Waals surface area contributed by atoms with E-state index in [4.69, 9.17) is 0 Å². The van der Waals surface area contributed by atoms with Gasteiger partial charge in [0.2, 0.25) is 0 Å². The molecule has 87 heavy (non-hydrogen) atoms. The van der Waals surface area contributed by atoms with Gasteiger partial charge >= 0.3 is 0 Å². The fourth-order valence-electron chi connectivity index (χ4n) is 12.5. The summed E-state index contributed by atoms with van der Waals surface area (Å²) in [5.41, 5.74) is 13.7. The van der Waals surface area contributed by atoms with Gasteiger partial charge in [0.15, 0.2) is 0 Å². The Morgan fingerprint density at radius 2 is 0.287 bits per heavy atom. The molecule has 13 aromatic carbocycles. The van der Waals surface area contributed by atoms with Crippen LogP contribution in [-0.4, -0.2) is 15.3 Å². The number of rotatable bonds is 15. The lowest BCUT2D eigenvalue weighted by atomic mass is 9.73. The highest BCUT2D eigenvalue weighted by molar-refractivity contribution is 9.11. The van der Waals surface area contributed by atoms with Gasteiger partial charge in [0.05, 0.1) is 0 Å². The zero-order valence-corrected chi connectivity index (χ0v) is 51.9. The third-order valence-electron chi connectivity index (χ3n) is 16.8. The van der Waals surface area contributed by atoms with Crippen LogP contribution in [0.5, 0.6) is 0 Å². The maximum atomic E-state index is 13.3. The minimum Gasteiger partial charge on any atom is -0.376 e. The molecular weight excluding hydrogens is 1260 g/mol. The van der Waals surface area contributed by atoms with Crippen LogP contribution in [-0.2, 0) is 16.8 Å². The number of hydrogen-bond acceptors (Lipinski definition) is 3. The van der Waals surface area contributed by atoms with Gasteiger partial charge in [0.1, 0.15) is 16.8 Å². The summed E-state index contributed by atoms with van der Waals surface area (Å²) in [7, 11) is 0. The first-order valence-electron chi connectivity index (χ1n) is 28.9. The highest BCUT2D eigenvalue weighted by atomic mass is 79.9. The molecule has 0 saturated heterocycles. The predicted octanol–water partition coefficient (Wildman–Crippen LogP) is 20.8. The molecule has 0 aromatic heterocycles. The summed E-state index contributed by atoms with van der Waals surface area (Å²) in [6.45, 7) is 0. The molecule has 6 heteroatoms. The molecule has 13 rings (SSSR count). The van der Waals surface area contributed by atoms with E-state index in [0.717, 1.165) is 114 Å². The number of hydrogen-bond donors (Lipinski definition) is 3. The van der Waals surface area contributed by atoms with E-state index in [1.165, 1.54) is 0 Å². The highest BCUT2D eigenvalue weighted by Crippen LogP contribution is 2.57. The average Bonchev–Trinajstić information content (AvgIpc) is 0.826. The molecule has 0 aliphatic carbocycles. The van der Waals surface area contributed by atoms with Gasteiger partial charge in [0.25, 0.3) is 0 Å². The monoisotopic (exact) mass is 1310 g/mol. The Balaban J connectivity index is 1.17. The van der Waals surface area contributed by atoms with Gasteiger partial charge in [-0.2, -0.15) is 0 Å². The van der Waals surface area contributed by atoms with Crippen LogP contribution in [0.25, 0.3) is 66.8 Å². The maximum Gasteiger partial charge on any atom is 0.140 e. The van der Waals surface area contributed by atoms with Crippen LogP contribution in [0.2, 0.25) is 0 Å². The summed E-state index contributed by atoms with van der Waals surface area (Å²) in [5, 5.41) is 39.8. The minimum atomic E-state index is -1.49. The van der Waals surface area contributed by atoms with Crippen molar-refractivity contribution < 1.29 is 15.3 Å². The van der Waals surface area contributed by atoms with Crippen molar-refractivity contribution in [1.29, 1.82) is 0 Å². The first-order chi connectivity index (χ1) is 42.5. The summed E-state index contributed by atoms with van der Waals surface area (Å²) >= 11 is 11.4. The number of halogens is 3. The van der Waals surface area contributed by atoms with Crippen LogP contribution >= 0.6 is 47.8 Å². The molecule has 0 unspecified atom stereocenters. The normalized spacial score (nSPS) is 11.8. The van der Waals surface area contributed by atoms with Gasteiger partial charge in [-0.1, -0.05) is 339 Å². The van der Waals surface area contributed by atoms with Crippen molar-refractivity contribution in [3.63, 3.8) is 0 Å².